The molecule has 0 aliphatic carbocycles. The van der Waals surface area contributed by atoms with Crippen LogP contribution in [0.3, 0.4) is 0 Å². The van der Waals surface area contributed by atoms with Crippen LogP contribution in [0.25, 0.3) is 0 Å². The minimum absolute atomic E-state index is 0.0505. The van der Waals surface area contributed by atoms with Gasteiger partial charge in [-0.1, -0.05) is 6.07 Å². The minimum atomic E-state index is -0.301. The van der Waals surface area contributed by atoms with E-state index in [-0.39, 0.29) is 11.4 Å². The molecule has 1 heterocycles. The maximum Gasteiger partial charge on any atom is 0.251 e. The van der Waals surface area contributed by atoms with Crippen LogP contribution < -0.4 is 5.56 Å². The summed E-state index contributed by atoms with van der Waals surface area (Å²) in [5.74, 6) is -0.301. The molecule has 0 N–H and O–H groups in total. The first-order chi connectivity index (χ1) is 8.06. The highest BCUT2D eigenvalue weighted by molar-refractivity contribution is 9.10. The van der Waals surface area contributed by atoms with Crippen LogP contribution in [0.1, 0.15) is 11.1 Å². The van der Waals surface area contributed by atoms with E-state index in [1.807, 2.05) is 13.0 Å². The number of hydrogen-bond donors (Lipinski definition) is 0. The fourth-order valence-corrected chi connectivity index (χ4v) is 2.00. The summed E-state index contributed by atoms with van der Waals surface area (Å²) in [7, 11) is 0. The van der Waals surface area contributed by atoms with Gasteiger partial charge >= 0.3 is 0 Å². The van der Waals surface area contributed by atoms with Gasteiger partial charge in [0, 0.05) is 12.3 Å². The van der Waals surface area contributed by atoms with E-state index in [2.05, 4.69) is 15.9 Å². The molecule has 4 heteroatoms. The van der Waals surface area contributed by atoms with Crippen molar-refractivity contribution in [2.75, 3.05) is 0 Å². The number of halogens is 2. The zero-order chi connectivity index (χ0) is 12.4. The van der Waals surface area contributed by atoms with Gasteiger partial charge in [-0.25, -0.2) is 4.39 Å². The van der Waals surface area contributed by atoms with Crippen LogP contribution in [-0.4, -0.2) is 4.57 Å². The number of pyridine rings is 1. The van der Waals surface area contributed by atoms with Crippen LogP contribution >= 0.6 is 15.9 Å². The quantitative estimate of drug-likeness (QED) is 0.834. The number of benzene rings is 1. The second-order valence-electron chi connectivity index (χ2n) is 3.92. The fraction of sp³-hybridized carbons (Fsp3) is 0.154. The van der Waals surface area contributed by atoms with E-state index < -0.39 is 0 Å². The van der Waals surface area contributed by atoms with Crippen molar-refractivity contribution in [1.82, 2.24) is 4.57 Å². The van der Waals surface area contributed by atoms with Crippen molar-refractivity contribution in [3.8, 4) is 0 Å². The lowest BCUT2D eigenvalue weighted by atomic mass is 10.2. The highest BCUT2D eigenvalue weighted by Crippen LogP contribution is 2.17. The fourth-order valence-electron chi connectivity index (χ4n) is 1.57. The van der Waals surface area contributed by atoms with Gasteiger partial charge in [0.15, 0.2) is 0 Å². The van der Waals surface area contributed by atoms with Gasteiger partial charge in [-0.2, -0.15) is 0 Å². The standard InChI is InChI=1S/C13H11BrFNO/c1-9-4-5-16(13(17)6-9)8-10-2-3-12(15)11(14)7-10/h2-7H,8H2,1H3. The smallest absolute Gasteiger partial charge is 0.251 e. The molecule has 1 aromatic heterocycles. The van der Waals surface area contributed by atoms with Crippen LogP contribution in [0.2, 0.25) is 0 Å². The Balaban J connectivity index is 2.31. The Morgan fingerprint density at radius 3 is 2.71 bits per heavy atom. The Labute approximate surface area is 107 Å². The summed E-state index contributed by atoms with van der Waals surface area (Å²) in [4.78, 5) is 11.7. The van der Waals surface area contributed by atoms with E-state index in [9.17, 15) is 9.18 Å². The molecule has 0 fully saturated rings. The van der Waals surface area contributed by atoms with Crippen molar-refractivity contribution in [3.63, 3.8) is 0 Å². The molecule has 0 saturated heterocycles. The van der Waals surface area contributed by atoms with Crippen molar-refractivity contribution in [1.29, 1.82) is 0 Å². The molecular formula is C13H11BrFNO. The summed E-state index contributed by atoms with van der Waals surface area (Å²) in [5, 5.41) is 0. The van der Waals surface area contributed by atoms with E-state index in [4.69, 9.17) is 0 Å². The van der Waals surface area contributed by atoms with Gasteiger partial charge in [0.1, 0.15) is 5.82 Å². The number of rotatable bonds is 2. The summed E-state index contributed by atoms with van der Waals surface area (Å²) in [6, 6.07) is 8.20. The van der Waals surface area contributed by atoms with Crippen LogP contribution in [-0.2, 0) is 6.54 Å². The van der Waals surface area contributed by atoms with E-state index in [0.717, 1.165) is 11.1 Å². The molecule has 0 radical (unpaired) electrons. The lowest BCUT2D eigenvalue weighted by molar-refractivity contribution is 0.619. The lowest BCUT2D eigenvalue weighted by Crippen LogP contribution is -2.19. The van der Waals surface area contributed by atoms with Crippen molar-refractivity contribution in [2.45, 2.75) is 13.5 Å². The molecule has 0 amide bonds. The molecule has 0 bridgehead atoms. The molecule has 88 valence electrons. The van der Waals surface area contributed by atoms with Gasteiger partial charge in [0.05, 0.1) is 11.0 Å². The van der Waals surface area contributed by atoms with Gasteiger partial charge in [-0.3, -0.25) is 4.79 Å². The molecule has 0 spiro atoms. The van der Waals surface area contributed by atoms with E-state index in [0.29, 0.717) is 11.0 Å². The Bertz CT molecular complexity index is 607. The SMILES string of the molecule is Cc1ccn(Cc2ccc(F)c(Br)c2)c(=O)c1. The predicted molar refractivity (Wildman–Crippen MR) is 68.6 cm³/mol. The predicted octanol–water partition coefficient (Wildman–Crippen LogP) is 3.11. The molecule has 1 aromatic carbocycles. The second-order valence-corrected chi connectivity index (χ2v) is 4.77. The van der Waals surface area contributed by atoms with Gasteiger partial charge in [-0.05, 0) is 52.2 Å². The number of aryl methyl sites for hydroxylation is 1. The van der Waals surface area contributed by atoms with Gasteiger partial charge in [0.25, 0.3) is 5.56 Å². The van der Waals surface area contributed by atoms with Gasteiger partial charge in [0.2, 0.25) is 0 Å². The third kappa shape index (κ3) is 2.82. The zero-order valence-electron chi connectivity index (χ0n) is 9.28. The monoisotopic (exact) mass is 295 g/mol. The summed E-state index contributed by atoms with van der Waals surface area (Å²) >= 11 is 3.13. The van der Waals surface area contributed by atoms with Crippen molar-refractivity contribution >= 4 is 15.9 Å². The summed E-state index contributed by atoms with van der Waals surface area (Å²) in [5.41, 5.74) is 1.77. The number of nitrogens with zero attached hydrogens (tertiary/aromatic N) is 1. The Morgan fingerprint density at radius 1 is 1.29 bits per heavy atom. The molecule has 2 nitrogen and oxygen atoms in total. The van der Waals surface area contributed by atoms with Crippen LogP contribution in [0, 0.1) is 12.7 Å². The Kier molecular flexibility index (Phi) is 3.43. The first-order valence-corrected chi connectivity index (χ1v) is 5.96. The van der Waals surface area contributed by atoms with Crippen molar-refractivity contribution in [3.05, 3.63) is 68.3 Å². The Morgan fingerprint density at radius 2 is 2.06 bits per heavy atom. The molecule has 0 unspecified atom stereocenters. The molecule has 0 saturated carbocycles. The molecule has 2 aromatic rings. The van der Waals surface area contributed by atoms with Gasteiger partial charge in [-0.15, -0.1) is 0 Å². The maximum absolute atomic E-state index is 13.1. The first kappa shape index (κ1) is 12.0. The largest absolute Gasteiger partial charge is 0.311 e. The normalized spacial score (nSPS) is 10.5. The third-order valence-corrected chi connectivity index (χ3v) is 3.10. The van der Waals surface area contributed by atoms with E-state index in [1.165, 1.54) is 6.07 Å². The second kappa shape index (κ2) is 4.84. The molecule has 0 aliphatic heterocycles. The Hall–Kier alpha value is -1.42. The van der Waals surface area contributed by atoms with Crippen LogP contribution in [0.15, 0.2) is 45.8 Å². The zero-order valence-corrected chi connectivity index (χ0v) is 10.9. The maximum atomic E-state index is 13.1. The topological polar surface area (TPSA) is 22.0 Å². The molecular weight excluding hydrogens is 285 g/mol. The summed E-state index contributed by atoms with van der Waals surface area (Å²) in [6.45, 7) is 2.32. The lowest BCUT2D eigenvalue weighted by Gasteiger charge is -2.06. The highest BCUT2D eigenvalue weighted by atomic mass is 79.9. The molecule has 17 heavy (non-hydrogen) atoms. The average Bonchev–Trinajstić information content (AvgIpc) is 2.27. The average molecular weight is 296 g/mol. The number of hydrogen-bond acceptors (Lipinski definition) is 1. The van der Waals surface area contributed by atoms with Crippen LogP contribution in [0.4, 0.5) is 4.39 Å². The summed E-state index contributed by atoms with van der Waals surface area (Å²) in [6.07, 6.45) is 1.74. The minimum Gasteiger partial charge on any atom is -0.311 e. The third-order valence-electron chi connectivity index (χ3n) is 2.49. The van der Waals surface area contributed by atoms with Crippen molar-refractivity contribution < 1.29 is 4.39 Å². The highest BCUT2D eigenvalue weighted by Gasteiger charge is 2.02. The van der Waals surface area contributed by atoms with Gasteiger partial charge < -0.3 is 4.57 Å². The first-order valence-electron chi connectivity index (χ1n) is 5.17. The van der Waals surface area contributed by atoms with E-state index in [1.54, 1.807) is 29.0 Å². The van der Waals surface area contributed by atoms with E-state index >= 15 is 0 Å². The molecule has 0 atom stereocenters. The number of aromatic nitrogens is 1. The molecule has 0 aliphatic rings. The van der Waals surface area contributed by atoms with Crippen molar-refractivity contribution in [2.24, 2.45) is 0 Å². The summed E-state index contributed by atoms with van der Waals surface area (Å²) < 4.78 is 15.1. The molecule has 2 rings (SSSR count). The van der Waals surface area contributed by atoms with Crippen LogP contribution in [0.5, 0.6) is 0 Å².